The summed E-state index contributed by atoms with van der Waals surface area (Å²) < 4.78 is 11.1. The van der Waals surface area contributed by atoms with Crippen LogP contribution in [0.15, 0.2) is 24.3 Å². The van der Waals surface area contributed by atoms with Crippen LogP contribution in [0.1, 0.15) is 284 Å². The lowest BCUT2D eigenvalue weighted by Crippen LogP contribution is -2.60. The van der Waals surface area contributed by atoms with Gasteiger partial charge in [0.25, 0.3) is 0 Å². The van der Waals surface area contributed by atoms with E-state index in [1.54, 1.807) is 0 Å². The molecular formula is C58H111NO8. The van der Waals surface area contributed by atoms with E-state index in [1.807, 2.05) is 0 Å². The zero-order valence-corrected chi connectivity index (χ0v) is 43.9. The molecule has 67 heavy (non-hydrogen) atoms. The molecule has 0 saturated carbocycles. The Morgan fingerprint density at radius 3 is 1.28 bits per heavy atom. The van der Waals surface area contributed by atoms with E-state index in [1.165, 1.54) is 212 Å². The summed E-state index contributed by atoms with van der Waals surface area (Å²) in [6.07, 6.45) is 55.0. The number of ether oxygens (including phenoxy) is 2. The van der Waals surface area contributed by atoms with Gasteiger partial charge >= 0.3 is 0 Å². The van der Waals surface area contributed by atoms with Crippen molar-refractivity contribution in [3.8, 4) is 0 Å². The van der Waals surface area contributed by atoms with Crippen LogP contribution < -0.4 is 5.32 Å². The lowest BCUT2D eigenvalue weighted by molar-refractivity contribution is -0.302. The second kappa shape index (κ2) is 48.3. The molecule has 9 heteroatoms. The summed E-state index contributed by atoms with van der Waals surface area (Å²) in [5.74, 6) is -0.151. The van der Waals surface area contributed by atoms with E-state index in [9.17, 15) is 30.3 Å². The predicted octanol–water partition coefficient (Wildman–Crippen LogP) is 14.2. The van der Waals surface area contributed by atoms with E-state index in [2.05, 4.69) is 43.5 Å². The van der Waals surface area contributed by atoms with Gasteiger partial charge in [0.2, 0.25) is 5.91 Å². The monoisotopic (exact) mass is 950 g/mol. The lowest BCUT2D eigenvalue weighted by atomic mass is 9.99. The average molecular weight is 951 g/mol. The van der Waals surface area contributed by atoms with E-state index in [0.29, 0.717) is 12.8 Å². The molecule has 0 spiro atoms. The molecule has 1 rings (SSSR count). The highest BCUT2D eigenvalue weighted by Gasteiger charge is 2.44. The number of amides is 1. The molecule has 0 aromatic carbocycles. The number of rotatable bonds is 50. The molecule has 0 radical (unpaired) electrons. The van der Waals surface area contributed by atoms with E-state index in [4.69, 9.17) is 9.47 Å². The van der Waals surface area contributed by atoms with Crippen LogP contribution in [0.5, 0.6) is 0 Å². The number of aliphatic hydroxyl groups is 5. The second-order valence-corrected chi connectivity index (χ2v) is 20.4. The minimum absolute atomic E-state index is 0.139. The molecule has 1 fully saturated rings. The minimum Gasteiger partial charge on any atom is -0.394 e. The Bertz CT molecular complexity index is 1100. The quantitative estimate of drug-likeness (QED) is 0.0261. The molecule has 7 unspecified atom stereocenters. The van der Waals surface area contributed by atoms with Crippen molar-refractivity contribution in [3.05, 3.63) is 24.3 Å². The van der Waals surface area contributed by atoms with Crippen molar-refractivity contribution >= 4 is 5.91 Å². The first kappa shape index (κ1) is 63.7. The van der Waals surface area contributed by atoms with Gasteiger partial charge in [0.15, 0.2) is 6.29 Å². The molecule has 0 aromatic rings. The van der Waals surface area contributed by atoms with E-state index >= 15 is 0 Å². The van der Waals surface area contributed by atoms with Gasteiger partial charge < -0.3 is 40.3 Å². The molecule has 1 amide bonds. The molecule has 1 aliphatic rings. The maximum absolute atomic E-state index is 12.8. The van der Waals surface area contributed by atoms with Crippen molar-refractivity contribution < 1.29 is 39.8 Å². The molecule has 0 aromatic heterocycles. The molecule has 7 atom stereocenters. The fourth-order valence-electron chi connectivity index (χ4n) is 9.43. The Labute approximate surface area is 413 Å². The number of allylic oxidation sites excluding steroid dienone is 4. The molecular weight excluding hydrogens is 839 g/mol. The van der Waals surface area contributed by atoms with Crippen molar-refractivity contribution in [2.45, 2.75) is 326 Å². The number of unbranched alkanes of at least 4 members (excludes halogenated alkanes) is 36. The number of hydrogen-bond donors (Lipinski definition) is 6. The van der Waals surface area contributed by atoms with Crippen molar-refractivity contribution in [2.75, 3.05) is 13.2 Å². The van der Waals surface area contributed by atoms with Gasteiger partial charge in [-0.15, -0.1) is 0 Å². The van der Waals surface area contributed by atoms with Gasteiger partial charge in [-0.1, -0.05) is 256 Å². The van der Waals surface area contributed by atoms with Crippen molar-refractivity contribution in [1.82, 2.24) is 5.32 Å². The van der Waals surface area contributed by atoms with Crippen molar-refractivity contribution in [1.29, 1.82) is 0 Å². The highest BCUT2D eigenvalue weighted by molar-refractivity contribution is 5.76. The molecule has 9 nitrogen and oxygen atoms in total. The van der Waals surface area contributed by atoms with Gasteiger partial charge in [-0.05, 0) is 44.9 Å². The summed E-state index contributed by atoms with van der Waals surface area (Å²) in [6.45, 7) is 3.67. The van der Waals surface area contributed by atoms with Crippen molar-refractivity contribution in [3.63, 3.8) is 0 Å². The highest BCUT2D eigenvalue weighted by Crippen LogP contribution is 2.23. The summed E-state index contributed by atoms with van der Waals surface area (Å²) in [4.78, 5) is 12.8. The third-order valence-corrected chi connectivity index (χ3v) is 14.1. The van der Waals surface area contributed by atoms with Crippen LogP contribution in [0.4, 0.5) is 0 Å². The van der Waals surface area contributed by atoms with E-state index < -0.39 is 49.5 Å². The van der Waals surface area contributed by atoms with Gasteiger partial charge in [0, 0.05) is 6.42 Å². The van der Waals surface area contributed by atoms with Crippen LogP contribution in [0, 0.1) is 0 Å². The third-order valence-electron chi connectivity index (χ3n) is 14.1. The fraction of sp³-hybridized carbons (Fsp3) is 0.914. The Hall–Kier alpha value is -1.33. The Morgan fingerprint density at radius 2 is 0.881 bits per heavy atom. The maximum atomic E-state index is 12.8. The second-order valence-electron chi connectivity index (χ2n) is 20.4. The number of aliphatic hydroxyl groups excluding tert-OH is 5. The van der Waals surface area contributed by atoms with Crippen LogP contribution in [0.25, 0.3) is 0 Å². The first-order valence-electron chi connectivity index (χ1n) is 29.0. The van der Waals surface area contributed by atoms with Gasteiger partial charge in [0.05, 0.1) is 25.4 Å². The zero-order valence-electron chi connectivity index (χ0n) is 43.9. The average Bonchev–Trinajstić information content (AvgIpc) is 3.33. The van der Waals surface area contributed by atoms with E-state index in [-0.39, 0.29) is 12.5 Å². The fourth-order valence-corrected chi connectivity index (χ4v) is 9.43. The SMILES string of the molecule is CCCCCCC/C=C\C/C=C\CCCCCCCCCCCCCCCCCCCCCCCCCCCCCCCC(=O)NC(COC1OC(CO)C(O)C(O)C1O)C(O)CCCCC. The molecule has 6 N–H and O–H groups in total. The Morgan fingerprint density at radius 1 is 0.507 bits per heavy atom. The van der Waals surface area contributed by atoms with Gasteiger partial charge in [0.1, 0.15) is 24.4 Å². The summed E-state index contributed by atoms with van der Waals surface area (Å²) in [7, 11) is 0. The first-order chi connectivity index (χ1) is 32.8. The highest BCUT2D eigenvalue weighted by atomic mass is 16.7. The van der Waals surface area contributed by atoms with Gasteiger partial charge in [-0.2, -0.15) is 0 Å². The summed E-state index contributed by atoms with van der Waals surface area (Å²) >= 11 is 0. The lowest BCUT2D eigenvalue weighted by Gasteiger charge is -2.40. The number of nitrogens with one attached hydrogen (secondary N) is 1. The van der Waals surface area contributed by atoms with Gasteiger partial charge in [-0.25, -0.2) is 0 Å². The maximum Gasteiger partial charge on any atom is 0.220 e. The summed E-state index contributed by atoms with van der Waals surface area (Å²) in [5, 5.41) is 53.7. The molecule has 1 aliphatic heterocycles. The van der Waals surface area contributed by atoms with Crippen LogP contribution >= 0.6 is 0 Å². The van der Waals surface area contributed by atoms with Crippen LogP contribution in [0.3, 0.4) is 0 Å². The number of hydrogen-bond acceptors (Lipinski definition) is 8. The molecule has 0 aliphatic carbocycles. The van der Waals surface area contributed by atoms with Crippen molar-refractivity contribution in [2.24, 2.45) is 0 Å². The largest absolute Gasteiger partial charge is 0.394 e. The predicted molar refractivity (Wildman–Crippen MR) is 281 cm³/mol. The first-order valence-corrected chi connectivity index (χ1v) is 29.0. The van der Waals surface area contributed by atoms with Gasteiger partial charge in [-0.3, -0.25) is 4.79 Å². The van der Waals surface area contributed by atoms with Crippen LogP contribution in [-0.2, 0) is 14.3 Å². The summed E-state index contributed by atoms with van der Waals surface area (Å²) in [5.41, 5.74) is 0. The molecule has 396 valence electrons. The Kier molecular flexibility index (Phi) is 45.9. The molecule has 1 saturated heterocycles. The Balaban J connectivity index is 1.86. The summed E-state index contributed by atoms with van der Waals surface area (Å²) in [6, 6.07) is -0.710. The minimum atomic E-state index is -1.55. The number of carbonyl (C=O) groups is 1. The molecule has 1 heterocycles. The molecule has 0 bridgehead atoms. The normalized spacial score (nSPS) is 19.8. The third kappa shape index (κ3) is 38.1. The smallest absolute Gasteiger partial charge is 0.220 e. The van der Waals surface area contributed by atoms with Crippen LogP contribution in [0.2, 0.25) is 0 Å². The number of carbonyl (C=O) groups excluding carboxylic acids is 1. The van der Waals surface area contributed by atoms with E-state index in [0.717, 1.165) is 44.9 Å². The standard InChI is InChI=1S/C58H111NO8/c1-3-5-7-8-9-10-11-12-13-14-15-16-17-18-19-20-21-22-23-24-25-26-27-28-29-30-31-32-33-34-35-36-37-38-39-40-41-42-43-44-46-48-54(62)59-51(52(61)47-45-6-4-2)50-66-58-57(65)56(64)55(63)53(49-60)67-58/h11-12,14-15,51-53,55-58,60-61,63-65H,3-10,13,16-50H2,1-2H3,(H,59,62)/b12-11-,15-14-. The zero-order chi connectivity index (χ0) is 48.7. The van der Waals surface area contributed by atoms with Crippen LogP contribution in [-0.4, -0.2) is 87.5 Å². The topological polar surface area (TPSA) is 149 Å².